The van der Waals surface area contributed by atoms with Gasteiger partial charge in [0.05, 0.1) is 13.7 Å². The molecule has 20 heavy (non-hydrogen) atoms. The van der Waals surface area contributed by atoms with Crippen LogP contribution in [0.25, 0.3) is 0 Å². The van der Waals surface area contributed by atoms with Gasteiger partial charge in [0.15, 0.2) is 5.78 Å². The summed E-state index contributed by atoms with van der Waals surface area (Å²) in [5, 5.41) is 2.04. The Morgan fingerprint density at radius 2 is 2.00 bits per heavy atom. The molecule has 106 valence electrons. The molecule has 2 aromatic rings. The van der Waals surface area contributed by atoms with Crippen LogP contribution in [0.15, 0.2) is 41.8 Å². The lowest BCUT2D eigenvalue weighted by atomic mass is 10.1. The SMILES string of the molecule is COc1ccc(C(=O)C(C)OCCc2cccs2)cc1. The predicted octanol–water partition coefficient (Wildman–Crippen LogP) is 3.59. The molecule has 0 saturated heterocycles. The molecule has 0 aliphatic rings. The summed E-state index contributed by atoms with van der Waals surface area (Å²) < 4.78 is 10.7. The number of hydrogen-bond acceptors (Lipinski definition) is 4. The molecule has 1 heterocycles. The van der Waals surface area contributed by atoms with E-state index in [4.69, 9.17) is 9.47 Å². The van der Waals surface area contributed by atoms with E-state index in [-0.39, 0.29) is 5.78 Å². The predicted molar refractivity (Wildman–Crippen MR) is 80.8 cm³/mol. The summed E-state index contributed by atoms with van der Waals surface area (Å²) in [7, 11) is 1.60. The van der Waals surface area contributed by atoms with E-state index in [9.17, 15) is 4.79 Å². The molecule has 4 heteroatoms. The fourth-order valence-corrected chi connectivity index (χ4v) is 2.55. The highest BCUT2D eigenvalue weighted by Gasteiger charge is 2.15. The third-order valence-corrected chi connectivity index (χ3v) is 3.98. The van der Waals surface area contributed by atoms with E-state index >= 15 is 0 Å². The number of ether oxygens (including phenoxy) is 2. The maximum absolute atomic E-state index is 12.2. The first-order valence-electron chi connectivity index (χ1n) is 6.53. The van der Waals surface area contributed by atoms with Crippen LogP contribution in [0.3, 0.4) is 0 Å². The van der Waals surface area contributed by atoms with Crippen molar-refractivity contribution in [3.63, 3.8) is 0 Å². The minimum Gasteiger partial charge on any atom is -0.497 e. The first kappa shape index (κ1) is 14.8. The Kier molecular flexibility index (Phi) is 5.32. The highest BCUT2D eigenvalue weighted by Crippen LogP contribution is 2.14. The molecule has 1 aromatic heterocycles. The van der Waals surface area contributed by atoms with Crippen LogP contribution in [0, 0.1) is 0 Å². The number of Topliss-reactive ketones (excluding diaryl/α,β-unsaturated/α-hetero) is 1. The first-order chi connectivity index (χ1) is 9.70. The van der Waals surface area contributed by atoms with Gasteiger partial charge >= 0.3 is 0 Å². The van der Waals surface area contributed by atoms with E-state index in [1.54, 1.807) is 49.6 Å². The summed E-state index contributed by atoms with van der Waals surface area (Å²) in [5.41, 5.74) is 0.648. The molecule has 0 spiro atoms. The molecular weight excluding hydrogens is 272 g/mol. The van der Waals surface area contributed by atoms with Gasteiger partial charge in [-0.3, -0.25) is 4.79 Å². The summed E-state index contributed by atoms with van der Waals surface area (Å²) in [6, 6.07) is 11.2. The number of carbonyl (C=O) groups excluding carboxylic acids is 1. The third-order valence-electron chi connectivity index (χ3n) is 3.04. The van der Waals surface area contributed by atoms with Crippen molar-refractivity contribution in [2.75, 3.05) is 13.7 Å². The largest absolute Gasteiger partial charge is 0.497 e. The zero-order valence-electron chi connectivity index (χ0n) is 11.7. The number of carbonyl (C=O) groups is 1. The van der Waals surface area contributed by atoms with Crippen molar-refractivity contribution in [3.8, 4) is 5.75 Å². The molecule has 0 aliphatic carbocycles. The minimum atomic E-state index is -0.427. The molecular formula is C16H18O3S. The number of ketones is 1. The second-order valence-electron chi connectivity index (χ2n) is 4.44. The van der Waals surface area contributed by atoms with Crippen LogP contribution in [-0.2, 0) is 11.2 Å². The van der Waals surface area contributed by atoms with E-state index < -0.39 is 6.10 Å². The van der Waals surface area contributed by atoms with Crippen molar-refractivity contribution in [2.24, 2.45) is 0 Å². The number of benzene rings is 1. The fourth-order valence-electron chi connectivity index (χ4n) is 1.86. The van der Waals surface area contributed by atoms with E-state index in [0.29, 0.717) is 12.2 Å². The quantitative estimate of drug-likeness (QED) is 0.731. The fraction of sp³-hybridized carbons (Fsp3) is 0.312. The Morgan fingerprint density at radius 3 is 2.60 bits per heavy atom. The van der Waals surface area contributed by atoms with Crippen LogP contribution in [0.5, 0.6) is 5.75 Å². The molecule has 0 radical (unpaired) electrons. The molecule has 1 atom stereocenters. The molecule has 0 aliphatic heterocycles. The summed E-state index contributed by atoms with van der Waals surface area (Å²) in [4.78, 5) is 13.4. The van der Waals surface area contributed by atoms with Crippen LogP contribution in [0.2, 0.25) is 0 Å². The Hall–Kier alpha value is -1.65. The van der Waals surface area contributed by atoms with Crippen LogP contribution in [0.4, 0.5) is 0 Å². The van der Waals surface area contributed by atoms with E-state index in [0.717, 1.165) is 12.2 Å². The number of rotatable bonds is 7. The molecule has 0 saturated carbocycles. The second kappa shape index (κ2) is 7.22. The summed E-state index contributed by atoms with van der Waals surface area (Å²) in [5.74, 6) is 0.742. The lowest BCUT2D eigenvalue weighted by Crippen LogP contribution is -2.21. The van der Waals surface area contributed by atoms with Crippen molar-refractivity contribution in [3.05, 3.63) is 52.2 Å². The van der Waals surface area contributed by atoms with Gasteiger partial charge in [0.2, 0.25) is 0 Å². The molecule has 0 bridgehead atoms. The Morgan fingerprint density at radius 1 is 1.25 bits per heavy atom. The number of hydrogen-bond donors (Lipinski definition) is 0. The van der Waals surface area contributed by atoms with Gasteiger partial charge in [0, 0.05) is 16.9 Å². The summed E-state index contributed by atoms with van der Waals surface area (Å²) >= 11 is 1.70. The lowest BCUT2D eigenvalue weighted by molar-refractivity contribution is 0.0488. The highest BCUT2D eigenvalue weighted by molar-refractivity contribution is 7.09. The molecule has 3 nitrogen and oxygen atoms in total. The lowest BCUT2D eigenvalue weighted by Gasteiger charge is -2.12. The van der Waals surface area contributed by atoms with E-state index in [2.05, 4.69) is 6.07 Å². The Labute approximate surface area is 123 Å². The second-order valence-corrected chi connectivity index (χ2v) is 5.47. The van der Waals surface area contributed by atoms with Gasteiger partial charge in [0.1, 0.15) is 11.9 Å². The first-order valence-corrected chi connectivity index (χ1v) is 7.41. The van der Waals surface area contributed by atoms with Crippen molar-refractivity contribution in [1.29, 1.82) is 0 Å². The Bertz CT molecular complexity index is 531. The third kappa shape index (κ3) is 3.92. The van der Waals surface area contributed by atoms with Gasteiger partial charge < -0.3 is 9.47 Å². The van der Waals surface area contributed by atoms with Gasteiger partial charge in [-0.15, -0.1) is 11.3 Å². The van der Waals surface area contributed by atoms with Crippen molar-refractivity contribution >= 4 is 17.1 Å². The van der Waals surface area contributed by atoms with E-state index in [1.807, 2.05) is 11.4 Å². The van der Waals surface area contributed by atoms with Crippen LogP contribution in [-0.4, -0.2) is 25.6 Å². The number of methoxy groups -OCH3 is 1. The normalized spacial score (nSPS) is 12.1. The summed E-state index contributed by atoms with van der Waals surface area (Å²) in [6.07, 6.45) is 0.418. The molecule has 0 amide bonds. The average Bonchev–Trinajstić information content (AvgIpc) is 2.99. The number of thiophene rings is 1. The minimum absolute atomic E-state index is 0.00108. The van der Waals surface area contributed by atoms with Crippen LogP contribution in [0.1, 0.15) is 22.2 Å². The van der Waals surface area contributed by atoms with E-state index in [1.165, 1.54) is 4.88 Å². The molecule has 2 rings (SSSR count). The van der Waals surface area contributed by atoms with Crippen LogP contribution >= 0.6 is 11.3 Å². The maximum Gasteiger partial charge on any atom is 0.191 e. The van der Waals surface area contributed by atoms with Gasteiger partial charge in [-0.05, 0) is 42.6 Å². The van der Waals surface area contributed by atoms with Crippen LogP contribution < -0.4 is 4.74 Å². The molecule has 0 N–H and O–H groups in total. The summed E-state index contributed by atoms with van der Waals surface area (Å²) in [6.45, 7) is 2.35. The van der Waals surface area contributed by atoms with Crippen molar-refractivity contribution in [1.82, 2.24) is 0 Å². The maximum atomic E-state index is 12.2. The molecule has 1 unspecified atom stereocenters. The van der Waals surface area contributed by atoms with Gasteiger partial charge in [-0.2, -0.15) is 0 Å². The molecule has 1 aromatic carbocycles. The average molecular weight is 290 g/mol. The van der Waals surface area contributed by atoms with Crippen molar-refractivity contribution < 1.29 is 14.3 Å². The smallest absolute Gasteiger partial charge is 0.191 e. The zero-order valence-corrected chi connectivity index (χ0v) is 12.5. The topological polar surface area (TPSA) is 35.5 Å². The van der Waals surface area contributed by atoms with Crippen molar-refractivity contribution in [2.45, 2.75) is 19.4 Å². The molecule has 0 fully saturated rings. The standard InChI is InChI=1S/C16H18O3S/c1-12(19-10-9-15-4-3-11-20-15)16(17)13-5-7-14(18-2)8-6-13/h3-8,11-12H,9-10H2,1-2H3. The monoisotopic (exact) mass is 290 g/mol. The van der Waals surface area contributed by atoms with Gasteiger partial charge in [-0.25, -0.2) is 0 Å². The Balaban J connectivity index is 1.84. The highest BCUT2D eigenvalue weighted by atomic mass is 32.1. The van der Waals surface area contributed by atoms with Gasteiger partial charge in [-0.1, -0.05) is 6.07 Å². The zero-order chi connectivity index (χ0) is 14.4. The van der Waals surface area contributed by atoms with Gasteiger partial charge in [0.25, 0.3) is 0 Å².